The largest absolute Gasteiger partial charge is 0.490 e. The Morgan fingerprint density at radius 2 is 1.81 bits per heavy atom. The Bertz CT molecular complexity index is 949. The van der Waals surface area contributed by atoms with Crippen LogP contribution < -0.4 is 10.2 Å². The summed E-state index contributed by atoms with van der Waals surface area (Å²) in [5.41, 5.74) is 3.43. The topological polar surface area (TPSA) is 81.6 Å². The van der Waals surface area contributed by atoms with E-state index in [0.29, 0.717) is 5.95 Å². The van der Waals surface area contributed by atoms with Crippen LogP contribution in [0.2, 0.25) is 0 Å². The lowest BCUT2D eigenvalue weighted by molar-refractivity contribution is -0.192. The van der Waals surface area contributed by atoms with Crippen LogP contribution in [0.1, 0.15) is 57.2 Å². The number of para-hydroxylation sites is 1. The second-order valence-electron chi connectivity index (χ2n) is 8.86. The van der Waals surface area contributed by atoms with Gasteiger partial charge in [0.15, 0.2) is 0 Å². The number of carbonyl (C=O) groups is 1. The van der Waals surface area contributed by atoms with Gasteiger partial charge < -0.3 is 20.2 Å². The number of rotatable bonds is 10. The van der Waals surface area contributed by atoms with Crippen LogP contribution in [-0.2, 0) is 11.2 Å². The van der Waals surface area contributed by atoms with Crippen LogP contribution in [0.3, 0.4) is 0 Å². The molecule has 2 N–H and O–H groups in total. The zero-order valence-corrected chi connectivity index (χ0v) is 21.4. The third-order valence-electron chi connectivity index (χ3n) is 5.92. The molecule has 2 heterocycles. The minimum Gasteiger partial charge on any atom is -0.475 e. The molecule has 200 valence electrons. The highest BCUT2D eigenvalue weighted by molar-refractivity contribution is 5.73. The van der Waals surface area contributed by atoms with Gasteiger partial charge in [-0.3, -0.25) is 0 Å². The summed E-state index contributed by atoms with van der Waals surface area (Å²) >= 11 is 0. The number of carboxylic acid groups (broad SMARTS) is 1. The molecule has 0 aliphatic carbocycles. The maximum absolute atomic E-state index is 10.6. The fourth-order valence-electron chi connectivity index (χ4n) is 4.12. The first-order valence-corrected chi connectivity index (χ1v) is 12.6. The number of piperidine rings is 1. The summed E-state index contributed by atoms with van der Waals surface area (Å²) in [6.07, 6.45) is 2.39. The molecule has 0 saturated carbocycles. The Morgan fingerprint density at radius 1 is 1.14 bits per heavy atom. The standard InChI is InChI=1S/C24H37N5.C2HF3O2/c1-4-12-21-13-7-8-14-22(21)26-24-25-20(3)19-23(27-24)29(5-2)18-11-17-28-15-9-6-10-16-28;3-2(4,5)1(6)7/h7-8,13-14,19H,4-6,9-12,15-18H2,1-3H3,(H,25,26,27);(H,6,7). The van der Waals surface area contributed by atoms with E-state index in [0.717, 1.165) is 43.1 Å². The molecule has 7 nitrogen and oxygen atoms in total. The van der Waals surface area contributed by atoms with Crippen LogP contribution in [0.15, 0.2) is 30.3 Å². The summed E-state index contributed by atoms with van der Waals surface area (Å²) in [5.74, 6) is -1.04. The lowest BCUT2D eigenvalue weighted by Crippen LogP contribution is -2.33. The number of anilines is 3. The van der Waals surface area contributed by atoms with Crippen molar-refractivity contribution < 1.29 is 23.1 Å². The summed E-state index contributed by atoms with van der Waals surface area (Å²) in [6, 6.07) is 10.6. The summed E-state index contributed by atoms with van der Waals surface area (Å²) in [6.45, 7) is 12.2. The summed E-state index contributed by atoms with van der Waals surface area (Å²) in [5, 5.41) is 10.6. The summed E-state index contributed by atoms with van der Waals surface area (Å²) in [4.78, 5) is 23.4. The number of aryl methyl sites for hydroxylation is 2. The molecule has 0 spiro atoms. The maximum Gasteiger partial charge on any atom is 0.490 e. The smallest absolute Gasteiger partial charge is 0.475 e. The van der Waals surface area contributed by atoms with E-state index in [-0.39, 0.29) is 0 Å². The van der Waals surface area contributed by atoms with Crippen molar-refractivity contribution in [1.82, 2.24) is 14.9 Å². The van der Waals surface area contributed by atoms with Crippen molar-refractivity contribution in [2.24, 2.45) is 0 Å². The molecule has 1 aliphatic heterocycles. The molecular weight excluding hydrogens is 471 g/mol. The van der Waals surface area contributed by atoms with Crippen LogP contribution in [0, 0.1) is 6.92 Å². The zero-order valence-electron chi connectivity index (χ0n) is 21.4. The first-order chi connectivity index (χ1) is 17.1. The number of hydrogen-bond donors (Lipinski definition) is 2. The van der Waals surface area contributed by atoms with Gasteiger partial charge in [0.1, 0.15) is 5.82 Å². The number of hydrogen-bond acceptors (Lipinski definition) is 6. The van der Waals surface area contributed by atoms with Crippen LogP contribution >= 0.6 is 0 Å². The zero-order chi connectivity index (χ0) is 26.6. The molecule has 1 aromatic carbocycles. The first kappa shape index (κ1) is 29.4. The predicted molar refractivity (Wildman–Crippen MR) is 137 cm³/mol. The average molecular weight is 510 g/mol. The van der Waals surface area contributed by atoms with Crippen molar-refractivity contribution in [2.45, 2.75) is 65.5 Å². The number of aromatic nitrogens is 2. The highest BCUT2D eigenvalue weighted by Gasteiger charge is 2.38. The Kier molecular flexibility index (Phi) is 11.9. The maximum atomic E-state index is 10.6. The molecule has 36 heavy (non-hydrogen) atoms. The molecule has 1 aromatic heterocycles. The Labute approximate surface area is 211 Å². The third kappa shape index (κ3) is 10.0. The molecule has 1 saturated heterocycles. The minimum atomic E-state index is -5.08. The van der Waals surface area contributed by atoms with E-state index < -0.39 is 12.1 Å². The Balaban J connectivity index is 0.000000572. The van der Waals surface area contributed by atoms with Crippen LogP contribution in [0.25, 0.3) is 0 Å². The van der Waals surface area contributed by atoms with E-state index >= 15 is 0 Å². The Morgan fingerprint density at radius 3 is 2.42 bits per heavy atom. The average Bonchev–Trinajstić information content (AvgIpc) is 2.83. The van der Waals surface area contributed by atoms with Crippen molar-refractivity contribution in [3.63, 3.8) is 0 Å². The van der Waals surface area contributed by atoms with E-state index in [1.54, 1.807) is 0 Å². The van der Waals surface area contributed by atoms with E-state index in [1.165, 1.54) is 50.9 Å². The molecule has 3 rings (SSSR count). The third-order valence-corrected chi connectivity index (χ3v) is 5.92. The van der Waals surface area contributed by atoms with Crippen LogP contribution in [-0.4, -0.2) is 64.8 Å². The van der Waals surface area contributed by atoms with Gasteiger partial charge in [0.25, 0.3) is 0 Å². The monoisotopic (exact) mass is 509 g/mol. The number of aliphatic carboxylic acids is 1. The lowest BCUT2D eigenvalue weighted by atomic mass is 10.1. The highest BCUT2D eigenvalue weighted by Crippen LogP contribution is 2.22. The number of nitrogens with zero attached hydrogens (tertiary/aromatic N) is 4. The van der Waals surface area contributed by atoms with Crippen LogP contribution in [0.4, 0.5) is 30.6 Å². The quantitative estimate of drug-likeness (QED) is 0.418. The SMILES string of the molecule is CCCc1ccccc1Nc1nc(C)cc(N(CC)CCCN2CCCCC2)n1.O=C(O)C(F)(F)F. The first-order valence-electron chi connectivity index (χ1n) is 12.6. The van der Waals surface area contributed by atoms with Gasteiger partial charge in [-0.25, -0.2) is 9.78 Å². The van der Waals surface area contributed by atoms with E-state index in [9.17, 15) is 13.2 Å². The van der Waals surface area contributed by atoms with Gasteiger partial charge in [0.2, 0.25) is 5.95 Å². The number of nitrogens with one attached hydrogen (secondary N) is 1. The number of halogens is 3. The highest BCUT2D eigenvalue weighted by atomic mass is 19.4. The molecule has 0 unspecified atom stereocenters. The van der Waals surface area contributed by atoms with Gasteiger partial charge in [-0.1, -0.05) is 38.0 Å². The molecular formula is C26H38F3N5O2. The molecule has 0 radical (unpaired) electrons. The minimum absolute atomic E-state index is 0.693. The van der Waals surface area contributed by atoms with Gasteiger partial charge in [-0.05, 0) is 70.8 Å². The number of alkyl halides is 3. The normalized spacial score (nSPS) is 14.1. The van der Waals surface area contributed by atoms with E-state index in [4.69, 9.17) is 14.9 Å². The molecule has 10 heteroatoms. The second kappa shape index (κ2) is 14.6. The molecule has 0 amide bonds. The van der Waals surface area contributed by atoms with Crippen molar-refractivity contribution in [3.8, 4) is 0 Å². The van der Waals surface area contributed by atoms with Crippen molar-refractivity contribution >= 4 is 23.4 Å². The Hall–Kier alpha value is -2.88. The second-order valence-corrected chi connectivity index (χ2v) is 8.86. The number of carboxylic acids is 1. The van der Waals surface area contributed by atoms with Gasteiger partial charge >= 0.3 is 12.1 Å². The predicted octanol–water partition coefficient (Wildman–Crippen LogP) is 5.82. The molecule has 2 aromatic rings. The molecule has 0 bridgehead atoms. The van der Waals surface area contributed by atoms with Gasteiger partial charge in [0.05, 0.1) is 0 Å². The van der Waals surface area contributed by atoms with Crippen molar-refractivity contribution in [2.75, 3.05) is 42.9 Å². The van der Waals surface area contributed by atoms with Gasteiger partial charge in [-0.2, -0.15) is 18.2 Å². The molecule has 0 atom stereocenters. The van der Waals surface area contributed by atoms with Gasteiger partial charge in [-0.15, -0.1) is 0 Å². The van der Waals surface area contributed by atoms with Crippen LogP contribution in [0.5, 0.6) is 0 Å². The number of benzene rings is 1. The van der Waals surface area contributed by atoms with Gasteiger partial charge in [0, 0.05) is 30.5 Å². The number of likely N-dealkylation sites (tertiary alicyclic amines) is 1. The van der Waals surface area contributed by atoms with Crippen molar-refractivity contribution in [1.29, 1.82) is 0 Å². The lowest BCUT2D eigenvalue weighted by Gasteiger charge is -2.28. The van der Waals surface area contributed by atoms with E-state index in [2.05, 4.69) is 71.2 Å². The molecule has 1 aliphatic rings. The van der Waals surface area contributed by atoms with Crippen molar-refractivity contribution in [3.05, 3.63) is 41.6 Å². The fourth-order valence-corrected chi connectivity index (χ4v) is 4.12. The van der Waals surface area contributed by atoms with E-state index in [1.807, 2.05) is 0 Å². The fraction of sp³-hybridized carbons (Fsp3) is 0.577. The molecule has 1 fully saturated rings. The summed E-state index contributed by atoms with van der Waals surface area (Å²) < 4.78 is 31.7. The summed E-state index contributed by atoms with van der Waals surface area (Å²) in [7, 11) is 0.